The van der Waals surface area contributed by atoms with Gasteiger partial charge >= 0.3 is 29.6 Å². The zero-order valence-corrected chi connectivity index (χ0v) is 20.5. The molecule has 0 aliphatic carbocycles. The lowest BCUT2D eigenvalue weighted by Gasteiger charge is -2.26. The fourth-order valence-corrected chi connectivity index (χ4v) is 3.52. The molecule has 2 aromatic heterocycles. The van der Waals surface area contributed by atoms with E-state index < -0.39 is 72.8 Å². The van der Waals surface area contributed by atoms with E-state index in [4.69, 9.17) is 23.7 Å². The molecule has 2 aromatic rings. The van der Waals surface area contributed by atoms with Crippen LogP contribution in [0.2, 0.25) is 0 Å². The summed E-state index contributed by atoms with van der Waals surface area (Å²) < 4.78 is 42.5. The second-order valence-electron chi connectivity index (χ2n) is 7.99. The summed E-state index contributed by atoms with van der Waals surface area (Å²) >= 11 is 0. The van der Waals surface area contributed by atoms with Crippen molar-refractivity contribution < 1.29 is 47.3 Å². The van der Waals surface area contributed by atoms with Crippen LogP contribution in [0.4, 0.5) is 4.39 Å². The summed E-state index contributed by atoms with van der Waals surface area (Å²) in [6, 6.07) is 3.77. The van der Waals surface area contributed by atoms with E-state index in [0.717, 1.165) is 26.1 Å². The van der Waals surface area contributed by atoms with E-state index in [9.17, 15) is 28.8 Å². The number of rotatable bonds is 9. The molecule has 3 rings (SSSR count). The second kappa shape index (κ2) is 11.8. The maximum absolute atomic E-state index is 16.0. The molecule has 15 heteroatoms. The smallest absolute Gasteiger partial charge is 0.341 e. The van der Waals surface area contributed by atoms with Gasteiger partial charge in [0.2, 0.25) is 6.10 Å². The number of hydrogen-bond donors (Lipinski definition) is 0. The second-order valence-corrected chi connectivity index (χ2v) is 7.99. The molecule has 14 nitrogen and oxygen atoms in total. The first kappa shape index (κ1) is 28.2. The maximum atomic E-state index is 16.0. The monoisotopic (exact) mass is 537 g/mol. The number of ether oxygens (including phenoxy) is 5. The van der Waals surface area contributed by atoms with Crippen LogP contribution >= 0.6 is 0 Å². The number of carbonyl (C=O) groups is 4. The number of esters is 4. The minimum atomic E-state index is -3.05. The molecular weight excluding hydrogens is 513 g/mol. The highest BCUT2D eigenvalue weighted by molar-refractivity contribution is 5.88. The van der Waals surface area contributed by atoms with Crippen molar-refractivity contribution in [2.45, 2.75) is 58.2 Å². The van der Waals surface area contributed by atoms with Crippen molar-refractivity contribution in [2.75, 3.05) is 6.61 Å². The predicted octanol–water partition coefficient (Wildman–Crippen LogP) is 0.231. The topological polar surface area (TPSA) is 171 Å². The van der Waals surface area contributed by atoms with Gasteiger partial charge in [-0.1, -0.05) is 6.92 Å². The summed E-state index contributed by atoms with van der Waals surface area (Å²) in [5.74, 6) is -6.66. The predicted molar refractivity (Wildman–Crippen MR) is 121 cm³/mol. The fourth-order valence-electron chi connectivity index (χ4n) is 3.52. The van der Waals surface area contributed by atoms with Gasteiger partial charge in [-0.3, -0.25) is 28.7 Å². The largest absolute Gasteiger partial charge is 0.459 e. The van der Waals surface area contributed by atoms with Crippen molar-refractivity contribution in [3.63, 3.8) is 0 Å². The lowest BCUT2D eigenvalue weighted by atomic mass is 10.1. The Balaban J connectivity index is 1.98. The van der Waals surface area contributed by atoms with Crippen molar-refractivity contribution in [3.05, 3.63) is 63.2 Å². The third-order valence-electron chi connectivity index (χ3n) is 5.23. The lowest BCUT2D eigenvalue weighted by Crippen LogP contribution is -2.48. The van der Waals surface area contributed by atoms with E-state index in [2.05, 4.69) is 4.98 Å². The SMILES string of the molecule is CCC(=O)OC[C@@]1(F)O[C@@H](n2ccc(=O)n(COC(=O)c3cccnc3)c2=O)[C@H](OC(C)=O)[C@@H]1OC(C)=O. The Bertz CT molecular complexity index is 1330. The summed E-state index contributed by atoms with van der Waals surface area (Å²) in [5.41, 5.74) is -1.97. The van der Waals surface area contributed by atoms with E-state index >= 15 is 4.39 Å². The Morgan fingerprint density at radius 3 is 2.42 bits per heavy atom. The Kier molecular flexibility index (Phi) is 8.72. The minimum absolute atomic E-state index is 0.0546. The van der Waals surface area contributed by atoms with Crippen molar-refractivity contribution in [2.24, 2.45) is 0 Å². The summed E-state index contributed by atoms with van der Waals surface area (Å²) in [6.07, 6.45) is -2.03. The van der Waals surface area contributed by atoms with Crippen LogP contribution in [0.25, 0.3) is 0 Å². The summed E-state index contributed by atoms with van der Waals surface area (Å²) in [5, 5.41) is 0. The van der Waals surface area contributed by atoms with Crippen LogP contribution in [0.15, 0.2) is 46.4 Å². The molecule has 1 aliphatic rings. The van der Waals surface area contributed by atoms with Gasteiger partial charge in [-0.15, -0.1) is 0 Å². The molecule has 0 saturated carbocycles. The van der Waals surface area contributed by atoms with Gasteiger partial charge in [-0.25, -0.2) is 18.5 Å². The third-order valence-corrected chi connectivity index (χ3v) is 5.23. The molecule has 1 fully saturated rings. The molecule has 1 aliphatic heterocycles. The van der Waals surface area contributed by atoms with Gasteiger partial charge in [-0.05, 0) is 12.1 Å². The van der Waals surface area contributed by atoms with Crippen LogP contribution in [0.1, 0.15) is 43.8 Å². The van der Waals surface area contributed by atoms with E-state index in [0.29, 0.717) is 9.13 Å². The molecule has 0 N–H and O–H groups in total. The average Bonchev–Trinajstić information content (AvgIpc) is 3.13. The number of halogens is 1. The van der Waals surface area contributed by atoms with E-state index in [-0.39, 0.29) is 12.0 Å². The third kappa shape index (κ3) is 6.29. The van der Waals surface area contributed by atoms with E-state index in [1.807, 2.05) is 0 Å². The van der Waals surface area contributed by atoms with Crippen molar-refractivity contribution in [1.29, 1.82) is 0 Å². The molecule has 3 heterocycles. The first-order valence-corrected chi connectivity index (χ1v) is 11.2. The molecule has 0 amide bonds. The van der Waals surface area contributed by atoms with Crippen molar-refractivity contribution in [1.82, 2.24) is 14.1 Å². The first-order chi connectivity index (χ1) is 18.0. The first-order valence-electron chi connectivity index (χ1n) is 11.2. The summed E-state index contributed by atoms with van der Waals surface area (Å²) in [6.45, 7) is 1.50. The van der Waals surface area contributed by atoms with Crippen molar-refractivity contribution >= 4 is 23.9 Å². The van der Waals surface area contributed by atoms with Gasteiger partial charge < -0.3 is 23.7 Å². The number of hydrogen-bond acceptors (Lipinski definition) is 12. The number of aromatic nitrogens is 3. The highest BCUT2D eigenvalue weighted by Gasteiger charge is 2.62. The average molecular weight is 537 g/mol. The molecule has 204 valence electrons. The molecule has 0 aromatic carbocycles. The molecule has 38 heavy (non-hydrogen) atoms. The van der Waals surface area contributed by atoms with Gasteiger partial charge in [-0.2, -0.15) is 0 Å². The molecule has 1 saturated heterocycles. The minimum Gasteiger partial charge on any atom is -0.459 e. The Labute approximate surface area is 213 Å². The Morgan fingerprint density at radius 2 is 1.82 bits per heavy atom. The zero-order valence-electron chi connectivity index (χ0n) is 20.5. The quantitative estimate of drug-likeness (QED) is 0.315. The zero-order chi connectivity index (χ0) is 28.0. The number of pyridine rings is 1. The van der Waals surface area contributed by atoms with Crippen LogP contribution in [0, 0.1) is 0 Å². The van der Waals surface area contributed by atoms with Crippen LogP contribution < -0.4 is 11.2 Å². The number of carbonyl (C=O) groups excluding carboxylic acids is 4. The van der Waals surface area contributed by atoms with Crippen molar-refractivity contribution in [3.8, 4) is 0 Å². The number of alkyl halides is 1. The van der Waals surface area contributed by atoms with Gasteiger partial charge in [0.15, 0.2) is 25.7 Å². The van der Waals surface area contributed by atoms with E-state index in [1.54, 1.807) is 0 Å². The van der Waals surface area contributed by atoms with Crippen LogP contribution in [-0.2, 0) is 44.8 Å². The molecule has 0 unspecified atom stereocenters. The standard InChI is InChI=1S/C23H24FN3O11/c1-4-17(31)34-11-23(24)19(37-14(3)29)18(36-13(2)28)20(38-23)26-9-7-16(30)27(22(26)33)12-35-21(32)15-6-5-8-25-10-15/h5-10,18-20H,4,11-12H2,1-3H3/t18-,19+,20-,23-/m1/s1. The highest BCUT2D eigenvalue weighted by atomic mass is 19.2. The molecular formula is C23H24FN3O11. The van der Waals surface area contributed by atoms with Gasteiger partial charge in [0.25, 0.3) is 11.4 Å². The van der Waals surface area contributed by atoms with Crippen LogP contribution in [0.3, 0.4) is 0 Å². The number of nitrogens with zero attached hydrogens (tertiary/aromatic N) is 3. The van der Waals surface area contributed by atoms with Gasteiger partial charge in [0, 0.05) is 44.9 Å². The summed E-state index contributed by atoms with van der Waals surface area (Å²) in [7, 11) is 0. The fraction of sp³-hybridized carbons (Fsp3) is 0.435. The molecule has 4 atom stereocenters. The maximum Gasteiger partial charge on any atom is 0.341 e. The Hall–Kier alpha value is -4.40. The van der Waals surface area contributed by atoms with E-state index in [1.165, 1.54) is 31.5 Å². The summed E-state index contributed by atoms with van der Waals surface area (Å²) in [4.78, 5) is 76.8. The molecule has 0 spiro atoms. The lowest BCUT2D eigenvalue weighted by molar-refractivity contribution is -0.224. The molecule has 0 bridgehead atoms. The van der Waals surface area contributed by atoms with Crippen LogP contribution in [0.5, 0.6) is 0 Å². The van der Waals surface area contributed by atoms with Gasteiger partial charge in [0.1, 0.15) is 0 Å². The van der Waals surface area contributed by atoms with Crippen LogP contribution in [-0.4, -0.2) is 62.7 Å². The van der Waals surface area contributed by atoms with Gasteiger partial charge in [0.05, 0.1) is 5.56 Å². The normalized spacial score (nSPS) is 22.4. The highest BCUT2D eigenvalue weighted by Crippen LogP contribution is 2.41. The molecule has 0 radical (unpaired) electrons. The Morgan fingerprint density at radius 1 is 1.11 bits per heavy atom.